The maximum atomic E-state index is 12.3. The van der Waals surface area contributed by atoms with Crippen molar-refractivity contribution in [3.63, 3.8) is 0 Å². The molecule has 0 fully saturated rings. The summed E-state index contributed by atoms with van der Waals surface area (Å²) in [6.45, 7) is 1.66. The van der Waals surface area contributed by atoms with Crippen LogP contribution in [0.25, 0.3) is 0 Å². The van der Waals surface area contributed by atoms with Crippen molar-refractivity contribution in [3.8, 4) is 0 Å². The van der Waals surface area contributed by atoms with Crippen LogP contribution in [0.15, 0.2) is 24.3 Å². The number of urea groups is 1. The van der Waals surface area contributed by atoms with Gasteiger partial charge in [0, 0.05) is 18.3 Å². The van der Waals surface area contributed by atoms with Gasteiger partial charge in [0.15, 0.2) is 0 Å². The molecule has 0 radical (unpaired) electrons. The Morgan fingerprint density at radius 3 is 2.37 bits per heavy atom. The zero-order valence-electron chi connectivity index (χ0n) is 10.3. The number of carbonyl (C=O) groups excluding carboxylic acids is 1. The van der Waals surface area contributed by atoms with Gasteiger partial charge in [-0.15, -0.1) is 0 Å². The first-order chi connectivity index (χ1) is 8.82. The van der Waals surface area contributed by atoms with E-state index in [4.69, 9.17) is 5.11 Å². The van der Waals surface area contributed by atoms with Crippen LogP contribution in [-0.4, -0.2) is 23.8 Å². The van der Waals surface area contributed by atoms with Crippen molar-refractivity contribution in [1.29, 1.82) is 0 Å². The Balaban J connectivity index is 2.56. The maximum absolute atomic E-state index is 12.3. The highest BCUT2D eigenvalue weighted by Crippen LogP contribution is 2.29. The molecule has 106 valence electrons. The molecule has 0 saturated carbocycles. The predicted molar refractivity (Wildman–Crippen MR) is 64.8 cm³/mol. The number of amides is 2. The number of halogens is 3. The molecular weight excluding hydrogens is 261 g/mol. The number of hydrogen-bond donors (Lipinski definition) is 3. The molecule has 0 aliphatic rings. The minimum absolute atomic E-state index is 0.0538. The number of aliphatic hydroxyl groups is 1. The summed E-state index contributed by atoms with van der Waals surface area (Å²) in [6, 6.07) is 3.40. The summed E-state index contributed by atoms with van der Waals surface area (Å²) >= 11 is 0. The van der Waals surface area contributed by atoms with E-state index in [1.165, 1.54) is 12.1 Å². The molecule has 0 aromatic heterocycles. The largest absolute Gasteiger partial charge is 0.416 e. The van der Waals surface area contributed by atoms with E-state index in [1.807, 2.05) is 0 Å². The summed E-state index contributed by atoms with van der Waals surface area (Å²) in [5, 5.41) is 13.6. The molecule has 0 heterocycles. The van der Waals surface area contributed by atoms with Crippen LogP contribution in [-0.2, 0) is 6.18 Å². The molecule has 4 nitrogen and oxygen atoms in total. The van der Waals surface area contributed by atoms with Gasteiger partial charge in [-0.2, -0.15) is 13.2 Å². The summed E-state index contributed by atoms with van der Waals surface area (Å²) in [7, 11) is 0. The first kappa shape index (κ1) is 15.3. The van der Waals surface area contributed by atoms with Crippen molar-refractivity contribution in [2.45, 2.75) is 25.6 Å². The number of anilines is 1. The van der Waals surface area contributed by atoms with Crippen LogP contribution in [0, 0.1) is 0 Å². The number of hydrogen-bond acceptors (Lipinski definition) is 2. The van der Waals surface area contributed by atoms with Crippen LogP contribution < -0.4 is 10.6 Å². The zero-order chi connectivity index (χ0) is 14.5. The van der Waals surface area contributed by atoms with Gasteiger partial charge in [0.2, 0.25) is 0 Å². The van der Waals surface area contributed by atoms with Crippen molar-refractivity contribution >= 4 is 11.7 Å². The quantitative estimate of drug-likeness (QED) is 0.791. The molecule has 1 rings (SSSR count). The van der Waals surface area contributed by atoms with Gasteiger partial charge in [0.05, 0.1) is 5.56 Å². The molecule has 19 heavy (non-hydrogen) atoms. The summed E-state index contributed by atoms with van der Waals surface area (Å²) in [6.07, 6.45) is -3.99. The molecule has 0 unspecified atom stereocenters. The predicted octanol–water partition coefficient (Wildman–Crippen LogP) is 2.60. The number of nitrogens with one attached hydrogen (secondary N) is 2. The topological polar surface area (TPSA) is 61.4 Å². The first-order valence-electron chi connectivity index (χ1n) is 5.68. The Hall–Kier alpha value is -1.76. The molecule has 0 saturated heterocycles. The van der Waals surface area contributed by atoms with E-state index >= 15 is 0 Å². The minimum atomic E-state index is -4.39. The molecule has 1 aromatic carbocycles. The van der Waals surface area contributed by atoms with Crippen LogP contribution in [0.5, 0.6) is 0 Å². The highest BCUT2D eigenvalue weighted by atomic mass is 19.4. The van der Waals surface area contributed by atoms with Crippen LogP contribution in [0.1, 0.15) is 18.9 Å². The normalized spacial score (nSPS) is 12.9. The van der Waals surface area contributed by atoms with E-state index in [0.29, 0.717) is 6.42 Å². The Labute approximate surface area is 108 Å². The van der Waals surface area contributed by atoms with Gasteiger partial charge in [-0.3, -0.25) is 0 Å². The van der Waals surface area contributed by atoms with Gasteiger partial charge in [-0.1, -0.05) is 0 Å². The lowest BCUT2D eigenvalue weighted by atomic mass is 10.2. The molecule has 1 aromatic rings. The molecule has 0 bridgehead atoms. The molecule has 0 spiro atoms. The molecule has 7 heteroatoms. The van der Waals surface area contributed by atoms with E-state index < -0.39 is 17.8 Å². The van der Waals surface area contributed by atoms with Gasteiger partial charge < -0.3 is 15.7 Å². The number of rotatable bonds is 4. The zero-order valence-corrected chi connectivity index (χ0v) is 10.3. The third-order valence-electron chi connectivity index (χ3n) is 2.41. The third-order valence-corrected chi connectivity index (χ3v) is 2.41. The summed E-state index contributed by atoms with van der Waals surface area (Å²) < 4.78 is 36.9. The van der Waals surface area contributed by atoms with Crippen molar-refractivity contribution in [3.05, 3.63) is 29.8 Å². The van der Waals surface area contributed by atoms with Crippen molar-refractivity contribution in [2.75, 3.05) is 11.9 Å². The summed E-state index contributed by atoms with van der Waals surface area (Å²) in [4.78, 5) is 11.5. The lowest BCUT2D eigenvalue weighted by Crippen LogP contribution is -2.36. The van der Waals surface area contributed by atoms with Crippen molar-refractivity contribution in [2.24, 2.45) is 0 Å². The second kappa shape index (κ2) is 6.42. The lowest BCUT2D eigenvalue weighted by molar-refractivity contribution is -0.137. The number of alkyl halides is 3. The Kier molecular flexibility index (Phi) is 5.17. The Morgan fingerprint density at radius 1 is 1.32 bits per heavy atom. The van der Waals surface area contributed by atoms with Crippen molar-refractivity contribution < 1.29 is 23.1 Å². The smallest absolute Gasteiger partial charge is 0.396 e. The fraction of sp³-hybridized carbons (Fsp3) is 0.417. The lowest BCUT2D eigenvalue weighted by Gasteiger charge is -2.13. The number of carbonyl (C=O) groups is 1. The highest BCUT2D eigenvalue weighted by molar-refractivity contribution is 5.89. The molecule has 0 aliphatic heterocycles. The van der Waals surface area contributed by atoms with Gasteiger partial charge >= 0.3 is 12.2 Å². The molecular formula is C12H15F3N2O2. The van der Waals surface area contributed by atoms with Crippen LogP contribution in [0.4, 0.5) is 23.7 Å². The number of aliphatic hydroxyl groups excluding tert-OH is 1. The van der Waals surface area contributed by atoms with E-state index in [1.54, 1.807) is 6.92 Å². The van der Waals surface area contributed by atoms with E-state index in [9.17, 15) is 18.0 Å². The van der Waals surface area contributed by atoms with E-state index in [-0.39, 0.29) is 18.3 Å². The fourth-order valence-electron chi connectivity index (χ4n) is 1.40. The standard InChI is InChI=1S/C12H15F3N2O2/c1-8(6-7-18)16-11(19)17-10-4-2-9(3-5-10)12(13,14)15/h2-5,8,18H,6-7H2,1H3,(H2,16,17,19)/t8-/m1/s1. The van der Waals surface area contributed by atoms with Crippen LogP contribution in [0.2, 0.25) is 0 Å². The molecule has 2 amide bonds. The first-order valence-corrected chi connectivity index (χ1v) is 5.68. The van der Waals surface area contributed by atoms with Crippen molar-refractivity contribution in [1.82, 2.24) is 5.32 Å². The van der Waals surface area contributed by atoms with Crippen LogP contribution >= 0.6 is 0 Å². The van der Waals surface area contributed by atoms with Gasteiger partial charge in [0.1, 0.15) is 0 Å². The fourth-order valence-corrected chi connectivity index (χ4v) is 1.40. The van der Waals surface area contributed by atoms with Gasteiger partial charge in [-0.05, 0) is 37.6 Å². The SMILES string of the molecule is C[C@H](CCO)NC(=O)Nc1ccc(C(F)(F)F)cc1. The second-order valence-corrected chi connectivity index (χ2v) is 4.09. The van der Waals surface area contributed by atoms with Gasteiger partial charge in [-0.25, -0.2) is 4.79 Å². The summed E-state index contributed by atoms with van der Waals surface area (Å²) in [5.74, 6) is 0. The van der Waals surface area contributed by atoms with E-state index in [2.05, 4.69) is 10.6 Å². The molecule has 1 atom stereocenters. The van der Waals surface area contributed by atoms with E-state index in [0.717, 1.165) is 12.1 Å². The second-order valence-electron chi connectivity index (χ2n) is 4.09. The maximum Gasteiger partial charge on any atom is 0.416 e. The Bertz CT molecular complexity index is 418. The molecule has 3 N–H and O–H groups in total. The average Bonchev–Trinajstić information content (AvgIpc) is 2.28. The minimum Gasteiger partial charge on any atom is -0.396 e. The van der Waals surface area contributed by atoms with Gasteiger partial charge in [0.25, 0.3) is 0 Å². The third kappa shape index (κ3) is 5.17. The molecule has 0 aliphatic carbocycles. The summed E-state index contributed by atoms with van der Waals surface area (Å²) in [5.41, 5.74) is -0.506. The average molecular weight is 276 g/mol. The monoisotopic (exact) mass is 276 g/mol. The number of benzene rings is 1. The Morgan fingerprint density at radius 2 is 1.89 bits per heavy atom. The van der Waals surface area contributed by atoms with Crippen LogP contribution in [0.3, 0.4) is 0 Å². The highest BCUT2D eigenvalue weighted by Gasteiger charge is 2.29.